The first-order chi connectivity index (χ1) is 12.7. The number of rotatable bonds is 12. The van der Waals surface area contributed by atoms with Crippen LogP contribution in [0.1, 0.15) is 46.0 Å². The van der Waals surface area contributed by atoms with Crippen molar-refractivity contribution in [3.63, 3.8) is 0 Å². The predicted molar refractivity (Wildman–Crippen MR) is 111 cm³/mol. The molecule has 0 saturated carbocycles. The van der Waals surface area contributed by atoms with Gasteiger partial charge in [0.15, 0.2) is 0 Å². The Balaban J connectivity index is 1.73. The van der Waals surface area contributed by atoms with Crippen molar-refractivity contribution >= 4 is 17.3 Å². The van der Waals surface area contributed by atoms with E-state index in [9.17, 15) is 0 Å². The SMILES string of the molecule is CCCCCCCOc1cccc(NCC(C)Oc2ccccc2Cl)c1. The van der Waals surface area contributed by atoms with Crippen LogP contribution in [0, 0.1) is 0 Å². The molecule has 0 aliphatic heterocycles. The highest BCUT2D eigenvalue weighted by Crippen LogP contribution is 2.24. The Labute approximate surface area is 162 Å². The molecule has 2 aromatic carbocycles. The minimum Gasteiger partial charge on any atom is -0.494 e. The predicted octanol–water partition coefficient (Wildman–Crippen LogP) is 6.57. The van der Waals surface area contributed by atoms with E-state index in [0.29, 0.717) is 17.3 Å². The summed E-state index contributed by atoms with van der Waals surface area (Å²) < 4.78 is 11.7. The molecule has 0 saturated heterocycles. The maximum Gasteiger partial charge on any atom is 0.138 e. The Morgan fingerprint density at radius 1 is 1.00 bits per heavy atom. The summed E-state index contributed by atoms with van der Waals surface area (Å²) in [6.07, 6.45) is 6.23. The van der Waals surface area contributed by atoms with Crippen LogP contribution in [0.2, 0.25) is 5.02 Å². The molecule has 0 aliphatic rings. The molecule has 2 aromatic rings. The van der Waals surface area contributed by atoms with E-state index < -0.39 is 0 Å². The molecule has 0 aliphatic carbocycles. The first-order valence-corrected chi connectivity index (χ1v) is 9.94. The molecule has 0 amide bonds. The van der Waals surface area contributed by atoms with Crippen LogP contribution < -0.4 is 14.8 Å². The van der Waals surface area contributed by atoms with E-state index in [1.807, 2.05) is 55.5 Å². The number of ether oxygens (including phenoxy) is 2. The fourth-order valence-electron chi connectivity index (χ4n) is 2.65. The standard InChI is InChI=1S/C22H30ClNO2/c1-3-4-5-6-9-15-25-20-12-10-11-19(16-20)24-17-18(2)26-22-14-8-7-13-21(22)23/h7-8,10-14,16,18,24H,3-6,9,15,17H2,1-2H3. The van der Waals surface area contributed by atoms with E-state index in [-0.39, 0.29) is 6.10 Å². The van der Waals surface area contributed by atoms with Crippen molar-refractivity contribution in [2.45, 2.75) is 52.1 Å². The topological polar surface area (TPSA) is 30.5 Å². The average molecular weight is 376 g/mol. The van der Waals surface area contributed by atoms with Gasteiger partial charge < -0.3 is 14.8 Å². The van der Waals surface area contributed by atoms with E-state index in [0.717, 1.165) is 24.5 Å². The van der Waals surface area contributed by atoms with Gasteiger partial charge in [-0.25, -0.2) is 0 Å². The molecule has 0 fully saturated rings. The van der Waals surface area contributed by atoms with E-state index in [1.165, 1.54) is 25.7 Å². The zero-order chi connectivity index (χ0) is 18.6. The van der Waals surface area contributed by atoms with Gasteiger partial charge in [-0.05, 0) is 37.6 Å². The van der Waals surface area contributed by atoms with Gasteiger partial charge in [-0.2, -0.15) is 0 Å². The summed E-state index contributed by atoms with van der Waals surface area (Å²) in [6.45, 7) is 5.72. The molecular formula is C22H30ClNO2. The molecule has 26 heavy (non-hydrogen) atoms. The first kappa shape index (κ1) is 20.4. The van der Waals surface area contributed by atoms with E-state index >= 15 is 0 Å². The number of hydrogen-bond acceptors (Lipinski definition) is 3. The van der Waals surface area contributed by atoms with Crippen molar-refractivity contribution in [1.82, 2.24) is 0 Å². The van der Waals surface area contributed by atoms with Gasteiger partial charge >= 0.3 is 0 Å². The summed E-state index contributed by atoms with van der Waals surface area (Å²) in [5.41, 5.74) is 1.03. The molecule has 4 heteroatoms. The second-order valence-corrected chi connectivity index (χ2v) is 6.94. The fourth-order valence-corrected chi connectivity index (χ4v) is 2.83. The highest BCUT2D eigenvalue weighted by Gasteiger charge is 2.07. The molecule has 0 aromatic heterocycles. The summed E-state index contributed by atoms with van der Waals surface area (Å²) in [5, 5.41) is 4.03. The van der Waals surface area contributed by atoms with Crippen LogP contribution in [0.25, 0.3) is 0 Å². The van der Waals surface area contributed by atoms with Gasteiger partial charge in [0.05, 0.1) is 18.2 Å². The largest absolute Gasteiger partial charge is 0.494 e. The van der Waals surface area contributed by atoms with Gasteiger partial charge in [-0.3, -0.25) is 0 Å². The fraction of sp³-hybridized carbons (Fsp3) is 0.455. The van der Waals surface area contributed by atoms with Crippen molar-refractivity contribution in [3.05, 3.63) is 53.6 Å². The number of halogens is 1. The van der Waals surface area contributed by atoms with Crippen molar-refractivity contribution in [2.24, 2.45) is 0 Å². The van der Waals surface area contributed by atoms with Gasteiger partial charge in [0.2, 0.25) is 0 Å². The zero-order valence-corrected chi connectivity index (χ0v) is 16.6. The second-order valence-electron chi connectivity index (χ2n) is 6.53. The lowest BCUT2D eigenvalue weighted by atomic mass is 10.2. The molecule has 1 unspecified atom stereocenters. The molecule has 1 N–H and O–H groups in total. The lowest BCUT2D eigenvalue weighted by molar-refractivity contribution is 0.235. The minimum absolute atomic E-state index is 0.00181. The van der Waals surface area contributed by atoms with Crippen molar-refractivity contribution in [3.8, 4) is 11.5 Å². The highest BCUT2D eigenvalue weighted by molar-refractivity contribution is 6.32. The summed E-state index contributed by atoms with van der Waals surface area (Å²) >= 11 is 6.13. The lowest BCUT2D eigenvalue weighted by Gasteiger charge is -2.17. The van der Waals surface area contributed by atoms with E-state index in [4.69, 9.17) is 21.1 Å². The Hall–Kier alpha value is -1.87. The molecule has 1 atom stereocenters. The Bertz CT molecular complexity index is 648. The second kappa shape index (κ2) is 11.7. The number of para-hydroxylation sites is 1. The number of nitrogens with one attached hydrogen (secondary N) is 1. The third kappa shape index (κ3) is 7.57. The van der Waals surface area contributed by atoms with Crippen molar-refractivity contribution in [2.75, 3.05) is 18.5 Å². The number of hydrogen-bond donors (Lipinski definition) is 1. The quantitative estimate of drug-likeness (QED) is 0.425. The molecule has 0 heterocycles. The first-order valence-electron chi connectivity index (χ1n) is 9.57. The van der Waals surface area contributed by atoms with Crippen molar-refractivity contribution in [1.29, 1.82) is 0 Å². The zero-order valence-electron chi connectivity index (χ0n) is 15.8. The molecule has 142 valence electrons. The maximum absolute atomic E-state index is 6.13. The van der Waals surface area contributed by atoms with Crippen LogP contribution in [-0.2, 0) is 0 Å². The van der Waals surface area contributed by atoms with Crippen LogP contribution in [0.4, 0.5) is 5.69 Å². The summed E-state index contributed by atoms with van der Waals surface area (Å²) in [5.74, 6) is 1.62. The van der Waals surface area contributed by atoms with Gasteiger partial charge in [0.25, 0.3) is 0 Å². The van der Waals surface area contributed by atoms with Crippen LogP contribution in [0.3, 0.4) is 0 Å². The third-order valence-corrected chi connectivity index (χ3v) is 4.42. The number of unbranched alkanes of at least 4 members (excludes halogenated alkanes) is 4. The van der Waals surface area contributed by atoms with Crippen molar-refractivity contribution < 1.29 is 9.47 Å². The molecule has 0 bridgehead atoms. The van der Waals surface area contributed by atoms with Gasteiger partial charge in [0.1, 0.15) is 17.6 Å². The number of anilines is 1. The van der Waals surface area contributed by atoms with Gasteiger partial charge in [-0.15, -0.1) is 0 Å². The summed E-state index contributed by atoms with van der Waals surface area (Å²) in [6, 6.07) is 15.6. The molecule has 0 spiro atoms. The normalized spacial score (nSPS) is 11.8. The third-order valence-electron chi connectivity index (χ3n) is 4.11. The molecule has 0 radical (unpaired) electrons. The van der Waals surface area contributed by atoms with Gasteiger partial charge in [0, 0.05) is 11.8 Å². The van der Waals surface area contributed by atoms with Crippen LogP contribution in [0.15, 0.2) is 48.5 Å². The molecular weight excluding hydrogens is 346 g/mol. The van der Waals surface area contributed by atoms with Gasteiger partial charge in [-0.1, -0.05) is 62.4 Å². The Kier molecular flexibility index (Phi) is 9.19. The van der Waals surface area contributed by atoms with E-state index in [2.05, 4.69) is 12.2 Å². The maximum atomic E-state index is 6.13. The molecule has 3 nitrogen and oxygen atoms in total. The number of benzene rings is 2. The van der Waals surface area contributed by atoms with Crippen LogP contribution in [-0.4, -0.2) is 19.3 Å². The lowest BCUT2D eigenvalue weighted by Crippen LogP contribution is -2.22. The Morgan fingerprint density at radius 2 is 1.81 bits per heavy atom. The monoisotopic (exact) mass is 375 g/mol. The van der Waals surface area contributed by atoms with E-state index in [1.54, 1.807) is 0 Å². The summed E-state index contributed by atoms with van der Waals surface area (Å²) in [4.78, 5) is 0. The smallest absolute Gasteiger partial charge is 0.138 e. The minimum atomic E-state index is -0.00181. The van der Waals surface area contributed by atoms with Crippen LogP contribution >= 0.6 is 11.6 Å². The molecule has 2 rings (SSSR count). The Morgan fingerprint density at radius 3 is 2.62 bits per heavy atom. The summed E-state index contributed by atoms with van der Waals surface area (Å²) in [7, 11) is 0. The highest BCUT2D eigenvalue weighted by atomic mass is 35.5. The van der Waals surface area contributed by atoms with Crippen LogP contribution in [0.5, 0.6) is 11.5 Å². The average Bonchev–Trinajstić information content (AvgIpc) is 2.65.